The summed E-state index contributed by atoms with van der Waals surface area (Å²) in [6.07, 6.45) is -5.59. The topological polar surface area (TPSA) is 108 Å². The normalized spacial score (nSPS) is 11.4. The summed E-state index contributed by atoms with van der Waals surface area (Å²) in [5.41, 5.74) is 6.39. The van der Waals surface area contributed by atoms with E-state index >= 15 is 0 Å². The summed E-state index contributed by atoms with van der Waals surface area (Å²) in [5.74, 6) is -0.570. The monoisotopic (exact) mass is 498 g/mol. The van der Waals surface area contributed by atoms with Crippen LogP contribution in [0.4, 0.5) is 23.9 Å². The maximum Gasteiger partial charge on any atom is 0.416 e. The highest BCUT2D eigenvalue weighted by molar-refractivity contribution is 6.04. The van der Waals surface area contributed by atoms with Crippen molar-refractivity contribution < 1.29 is 32.2 Å². The number of alkyl halides is 3. The number of benzene rings is 3. The van der Waals surface area contributed by atoms with Crippen LogP contribution in [0.2, 0.25) is 0 Å². The molecule has 1 aromatic heterocycles. The lowest BCUT2D eigenvalue weighted by Crippen LogP contribution is -2.17. The summed E-state index contributed by atoms with van der Waals surface area (Å²) in [7, 11) is 0. The summed E-state index contributed by atoms with van der Waals surface area (Å²) < 4.78 is 51.4. The van der Waals surface area contributed by atoms with Crippen LogP contribution in [0.5, 0.6) is 5.75 Å². The average Bonchev–Trinajstić information content (AvgIpc) is 3.19. The zero-order valence-electron chi connectivity index (χ0n) is 19.0. The van der Waals surface area contributed by atoms with Crippen molar-refractivity contribution in [2.75, 3.05) is 11.9 Å². The molecule has 3 N–H and O–H groups in total. The Bertz CT molecular complexity index is 1430. The van der Waals surface area contributed by atoms with Crippen molar-refractivity contribution in [1.82, 2.24) is 9.55 Å². The molecule has 0 fully saturated rings. The summed E-state index contributed by atoms with van der Waals surface area (Å²) in [5, 5.41) is 2.60. The van der Waals surface area contributed by atoms with Gasteiger partial charge in [0.05, 0.1) is 28.9 Å². The number of rotatable bonds is 7. The average molecular weight is 498 g/mol. The molecule has 0 saturated carbocycles. The molecular weight excluding hydrogens is 477 g/mol. The van der Waals surface area contributed by atoms with E-state index in [2.05, 4.69) is 10.3 Å². The SMILES string of the molecule is CCOCc1ccc2c(c1)nc(NC(=O)c1cccc(C(F)(F)F)c1)n2-c1cccc(OC(N)=O)c1. The quantitative estimate of drug-likeness (QED) is 0.360. The fourth-order valence-corrected chi connectivity index (χ4v) is 3.59. The van der Waals surface area contributed by atoms with Crippen LogP contribution in [0.3, 0.4) is 0 Å². The van der Waals surface area contributed by atoms with E-state index < -0.39 is 23.7 Å². The van der Waals surface area contributed by atoms with Crippen molar-refractivity contribution in [3.05, 3.63) is 83.4 Å². The first-order chi connectivity index (χ1) is 17.2. The van der Waals surface area contributed by atoms with Gasteiger partial charge in [-0.2, -0.15) is 13.2 Å². The molecule has 186 valence electrons. The van der Waals surface area contributed by atoms with E-state index in [4.69, 9.17) is 15.2 Å². The van der Waals surface area contributed by atoms with Crippen LogP contribution in [0.25, 0.3) is 16.7 Å². The van der Waals surface area contributed by atoms with Gasteiger partial charge in [-0.3, -0.25) is 14.7 Å². The number of amides is 2. The van der Waals surface area contributed by atoms with Gasteiger partial charge in [-0.05, 0) is 55.0 Å². The molecule has 11 heteroatoms. The molecule has 0 aliphatic rings. The molecule has 1 heterocycles. The number of halogens is 3. The van der Waals surface area contributed by atoms with Gasteiger partial charge >= 0.3 is 12.3 Å². The van der Waals surface area contributed by atoms with E-state index in [1.54, 1.807) is 28.8 Å². The Balaban J connectivity index is 1.78. The standard InChI is InChI=1S/C25H21F3N4O4/c1-2-35-14-15-9-10-21-20(11-15)30-24(32(21)18-7-4-8-19(13-18)36-23(29)34)31-22(33)16-5-3-6-17(12-16)25(26,27)28/h3-13H,2,14H2,1H3,(H2,29,34)(H,30,31,33). The molecule has 3 aromatic carbocycles. The number of primary amides is 1. The molecule has 8 nitrogen and oxygen atoms in total. The first kappa shape index (κ1) is 24.7. The fraction of sp³-hybridized carbons (Fsp3) is 0.160. The lowest BCUT2D eigenvalue weighted by molar-refractivity contribution is -0.137. The number of nitrogens with zero attached hydrogens (tertiary/aromatic N) is 2. The lowest BCUT2D eigenvalue weighted by Gasteiger charge is -2.12. The lowest BCUT2D eigenvalue weighted by atomic mass is 10.1. The van der Waals surface area contributed by atoms with Crippen LogP contribution in [0.15, 0.2) is 66.7 Å². The van der Waals surface area contributed by atoms with Crippen LogP contribution in [-0.2, 0) is 17.5 Å². The first-order valence-corrected chi connectivity index (χ1v) is 10.8. The van der Waals surface area contributed by atoms with Gasteiger partial charge in [0.1, 0.15) is 5.75 Å². The fourth-order valence-electron chi connectivity index (χ4n) is 3.59. The van der Waals surface area contributed by atoms with Gasteiger partial charge in [-0.15, -0.1) is 0 Å². The van der Waals surface area contributed by atoms with Gasteiger partial charge < -0.3 is 15.2 Å². The third-order valence-corrected chi connectivity index (χ3v) is 5.16. The number of nitrogens with two attached hydrogens (primary N) is 1. The Kier molecular flexibility index (Phi) is 6.93. The molecule has 0 radical (unpaired) electrons. The summed E-state index contributed by atoms with van der Waals surface area (Å²) >= 11 is 0. The number of imidazole rings is 1. The van der Waals surface area contributed by atoms with Crippen molar-refractivity contribution in [3.63, 3.8) is 0 Å². The number of hydrogen-bond acceptors (Lipinski definition) is 5. The Morgan fingerprint density at radius 1 is 1.06 bits per heavy atom. The van der Waals surface area contributed by atoms with Crippen molar-refractivity contribution >= 4 is 29.0 Å². The molecule has 0 atom stereocenters. The van der Waals surface area contributed by atoms with Gasteiger partial charge in [-0.1, -0.05) is 18.2 Å². The molecule has 0 saturated heterocycles. The number of carbonyl (C=O) groups excluding carboxylic acids is 2. The second-order valence-corrected chi connectivity index (χ2v) is 7.68. The van der Waals surface area contributed by atoms with Crippen LogP contribution in [0.1, 0.15) is 28.4 Å². The van der Waals surface area contributed by atoms with Crippen LogP contribution in [-0.4, -0.2) is 28.2 Å². The third kappa shape index (κ3) is 5.47. The summed E-state index contributed by atoms with van der Waals surface area (Å²) in [6.45, 7) is 2.75. The number of anilines is 1. The molecular formula is C25H21F3N4O4. The van der Waals surface area contributed by atoms with Gasteiger partial charge in [0.15, 0.2) is 0 Å². The van der Waals surface area contributed by atoms with E-state index in [1.165, 1.54) is 18.2 Å². The van der Waals surface area contributed by atoms with Crippen LogP contribution >= 0.6 is 0 Å². The molecule has 4 aromatic rings. The molecule has 0 aliphatic carbocycles. The molecule has 0 bridgehead atoms. The predicted octanol–water partition coefficient (Wildman–Crippen LogP) is 5.29. The number of hydrogen-bond donors (Lipinski definition) is 2. The van der Waals surface area contributed by atoms with E-state index in [0.717, 1.165) is 23.8 Å². The van der Waals surface area contributed by atoms with Gasteiger partial charge in [0.25, 0.3) is 5.91 Å². The zero-order valence-corrected chi connectivity index (χ0v) is 19.0. The number of carbonyl (C=O) groups is 2. The number of fused-ring (bicyclic) bond motifs is 1. The Labute approximate surface area is 203 Å². The van der Waals surface area contributed by atoms with E-state index in [9.17, 15) is 22.8 Å². The summed E-state index contributed by atoms with van der Waals surface area (Å²) in [4.78, 5) is 28.6. The number of aromatic nitrogens is 2. The second-order valence-electron chi connectivity index (χ2n) is 7.68. The molecule has 2 amide bonds. The van der Waals surface area contributed by atoms with Crippen molar-refractivity contribution in [2.24, 2.45) is 5.73 Å². The minimum absolute atomic E-state index is 0.0530. The van der Waals surface area contributed by atoms with Crippen LogP contribution in [0, 0.1) is 0 Å². The van der Waals surface area contributed by atoms with Gasteiger partial charge in [0, 0.05) is 18.2 Å². The largest absolute Gasteiger partial charge is 0.416 e. The number of nitrogens with one attached hydrogen (secondary N) is 1. The summed E-state index contributed by atoms with van der Waals surface area (Å²) in [6, 6.07) is 15.8. The highest BCUT2D eigenvalue weighted by Gasteiger charge is 2.31. The predicted molar refractivity (Wildman–Crippen MR) is 126 cm³/mol. The van der Waals surface area contributed by atoms with Crippen molar-refractivity contribution in [3.8, 4) is 11.4 Å². The maximum atomic E-state index is 13.1. The van der Waals surface area contributed by atoms with Gasteiger partial charge in [0.2, 0.25) is 5.95 Å². The number of ether oxygens (including phenoxy) is 2. The second kappa shape index (κ2) is 10.1. The highest BCUT2D eigenvalue weighted by atomic mass is 19.4. The Hall–Kier alpha value is -4.38. The third-order valence-electron chi connectivity index (χ3n) is 5.16. The molecule has 0 unspecified atom stereocenters. The highest BCUT2D eigenvalue weighted by Crippen LogP contribution is 2.31. The van der Waals surface area contributed by atoms with Crippen molar-refractivity contribution in [2.45, 2.75) is 19.7 Å². The van der Waals surface area contributed by atoms with Crippen LogP contribution < -0.4 is 15.8 Å². The Morgan fingerprint density at radius 3 is 2.56 bits per heavy atom. The van der Waals surface area contributed by atoms with Gasteiger partial charge in [-0.25, -0.2) is 9.78 Å². The maximum absolute atomic E-state index is 13.1. The molecule has 0 aliphatic heterocycles. The minimum Gasteiger partial charge on any atom is -0.410 e. The first-order valence-electron chi connectivity index (χ1n) is 10.8. The minimum atomic E-state index is -4.60. The van der Waals surface area contributed by atoms with E-state index in [-0.39, 0.29) is 17.3 Å². The smallest absolute Gasteiger partial charge is 0.410 e. The van der Waals surface area contributed by atoms with Crippen molar-refractivity contribution in [1.29, 1.82) is 0 Å². The van der Waals surface area contributed by atoms with E-state index in [1.807, 2.05) is 13.0 Å². The Morgan fingerprint density at radius 2 is 1.83 bits per heavy atom. The molecule has 4 rings (SSSR count). The molecule has 0 spiro atoms. The molecule has 36 heavy (non-hydrogen) atoms. The zero-order chi connectivity index (χ0) is 25.9. The van der Waals surface area contributed by atoms with E-state index in [0.29, 0.717) is 29.9 Å².